The number of esters is 1. The van der Waals surface area contributed by atoms with E-state index in [1.54, 1.807) is 6.07 Å². The molecule has 4 rings (SSSR count). The zero-order valence-corrected chi connectivity index (χ0v) is 16.9. The maximum Gasteiger partial charge on any atom is 0.345 e. The van der Waals surface area contributed by atoms with Gasteiger partial charge in [0.25, 0.3) is 5.91 Å². The van der Waals surface area contributed by atoms with Crippen molar-refractivity contribution in [3.8, 4) is 11.5 Å². The largest absolute Gasteiger partial charge is 0.483 e. The molecule has 6 nitrogen and oxygen atoms in total. The van der Waals surface area contributed by atoms with Crippen LogP contribution in [0.15, 0.2) is 42.5 Å². The molecule has 1 N–H and O–H groups in total. The lowest BCUT2D eigenvalue weighted by molar-refractivity contribution is -0.158. The maximum atomic E-state index is 13.3. The first-order valence-corrected chi connectivity index (χ1v) is 10.00. The van der Waals surface area contributed by atoms with E-state index < -0.39 is 23.8 Å². The van der Waals surface area contributed by atoms with E-state index in [1.807, 2.05) is 26.0 Å². The first-order chi connectivity index (χ1) is 14.3. The predicted octanol–water partition coefficient (Wildman–Crippen LogP) is 3.48. The fraction of sp³-hybridized carbons (Fsp3) is 0.391. The molecule has 1 aliphatic heterocycles. The fourth-order valence-electron chi connectivity index (χ4n) is 3.42. The normalized spacial score (nSPS) is 17.4. The van der Waals surface area contributed by atoms with Gasteiger partial charge in [0, 0.05) is 23.6 Å². The molecule has 158 valence electrons. The Labute approximate surface area is 174 Å². The molecular weight excluding hydrogens is 389 g/mol. The Kier molecular flexibility index (Phi) is 5.37. The molecule has 7 heteroatoms. The van der Waals surface area contributed by atoms with Gasteiger partial charge in [-0.15, -0.1) is 0 Å². The summed E-state index contributed by atoms with van der Waals surface area (Å²) in [6.45, 7) is 3.59. The van der Waals surface area contributed by atoms with E-state index in [9.17, 15) is 14.0 Å². The van der Waals surface area contributed by atoms with Gasteiger partial charge in [-0.25, -0.2) is 9.18 Å². The predicted molar refractivity (Wildman–Crippen MR) is 107 cm³/mol. The van der Waals surface area contributed by atoms with Gasteiger partial charge in [-0.1, -0.05) is 24.3 Å². The molecule has 1 amide bonds. The first kappa shape index (κ1) is 20.2. The Morgan fingerprint density at radius 1 is 1.20 bits per heavy atom. The third-order valence-corrected chi connectivity index (χ3v) is 4.98. The molecule has 0 spiro atoms. The van der Waals surface area contributed by atoms with Crippen molar-refractivity contribution >= 4 is 11.9 Å². The molecule has 1 aliphatic carbocycles. The number of ether oxygens (including phenoxy) is 3. The van der Waals surface area contributed by atoms with Gasteiger partial charge in [-0.3, -0.25) is 4.79 Å². The number of nitrogens with one attached hydrogen (secondary N) is 1. The Bertz CT molecular complexity index is 953. The average molecular weight is 413 g/mol. The molecule has 1 fully saturated rings. The summed E-state index contributed by atoms with van der Waals surface area (Å²) in [6, 6.07) is 10.9. The summed E-state index contributed by atoms with van der Waals surface area (Å²) in [5.74, 6) is -0.489. The highest BCUT2D eigenvalue weighted by Gasteiger charge is 2.33. The number of halogens is 1. The van der Waals surface area contributed by atoms with Crippen molar-refractivity contribution in [3.05, 3.63) is 59.4 Å². The van der Waals surface area contributed by atoms with Crippen LogP contribution in [0, 0.1) is 5.82 Å². The zero-order chi connectivity index (χ0) is 21.3. The van der Waals surface area contributed by atoms with E-state index in [0.717, 1.165) is 24.8 Å². The minimum Gasteiger partial charge on any atom is -0.483 e. The number of para-hydroxylation sites is 1. The van der Waals surface area contributed by atoms with Crippen molar-refractivity contribution in [2.75, 3.05) is 6.61 Å². The molecule has 1 unspecified atom stereocenters. The number of hydrogen-bond acceptors (Lipinski definition) is 5. The molecule has 0 bridgehead atoms. The van der Waals surface area contributed by atoms with Crippen LogP contribution in [-0.2, 0) is 20.7 Å². The van der Waals surface area contributed by atoms with E-state index in [1.165, 1.54) is 24.3 Å². The van der Waals surface area contributed by atoms with Crippen LogP contribution in [0.25, 0.3) is 0 Å². The highest BCUT2D eigenvalue weighted by Crippen LogP contribution is 2.41. The van der Waals surface area contributed by atoms with Crippen LogP contribution in [0.4, 0.5) is 4.39 Å². The SMILES string of the molecule is CC1(C)Cc2cccc(OCC(=O)OC(C(=O)NC3CC3)c3ccc(F)cc3)c2O1. The molecule has 0 saturated heterocycles. The summed E-state index contributed by atoms with van der Waals surface area (Å²) in [5, 5.41) is 2.82. The van der Waals surface area contributed by atoms with Gasteiger partial charge in [-0.05, 0) is 44.9 Å². The van der Waals surface area contributed by atoms with Gasteiger partial charge in [-0.2, -0.15) is 0 Å². The molecule has 2 aromatic carbocycles. The summed E-state index contributed by atoms with van der Waals surface area (Å²) < 4.78 is 30.2. The second kappa shape index (κ2) is 7.97. The average Bonchev–Trinajstić information content (AvgIpc) is 3.44. The van der Waals surface area contributed by atoms with Crippen molar-refractivity contribution in [2.45, 2.75) is 50.9 Å². The van der Waals surface area contributed by atoms with Gasteiger partial charge < -0.3 is 19.5 Å². The van der Waals surface area contributed by atoms with E-state index in [2.05, 4.69) is 5.32 Å². The number of carbonyl (C=O) groups excluding carboxylic acids is 2. The van der Waals surface area contributed by atoms with Crippen LogP contribution in [-0.4, -0.2) is 30.1 Å². The quantitative estimate of drug-likeness (QED) is 0.704. The Hall–Kier alpha value is -3.09. The number of rotatable bonds is 7. The van der Waals surface area contributed by atoms with E-state index in [-0.39, 0.29) is 18.2 Å². The lowest BCUT2D eigenvalue weighted by atomic mass is 10.0. The minimum atomic E-state index is -1.17. The van der Waals surface area contributed by atoms with Gasteiger partial charge in [0.1, 0.15) is 11.4 Å². The number of carbonyl (C=O) groups is 2. The molecule has 1 saturated carbocycles. The van der Waals surface area contributed by atoms with Crippen LogP contribution in [0.3, 0.4) is 0 Å². The van der Waals surface area contributed by atoms with Crippen LogP contribution >= 0.6 is 0 Å². The molecule has 1 heterocycles. The summed E-state index contributed by atoms with van der Waals surface area (Å²) in [7, 11) is 0. The van der Waals surface area contributed by atoms with Crippen molar-refractivity contribution in [3.63, 3.8) is 0 Å². The van der Waals surface area contributed by atoms with E-state index in [0.29, 0.717) is 17.1 Å². The zero-order valence-electron chi connectivity index (χ0n) is 16.9. The minimum absolute atomic E-state index is 0.0998. The van der Waals surface area contributed by atoms with Gasteiger partial charge in [0.15, 0.2) is 18.1 Å². The summed E-state index contributed by atoms with van der Waals surface area (Å²) in [6.07, 6.45) is 1.37. The lowest BCUT2D eigenvalue weighted by Crippen LogP contribution is -2.34. The Balaban J connectivity index is 1.43. The van der Waals surface area contributed by atoms with Crippen LogP contribution in [0.5, 0.6) is 11.5 Å². The second-order valence-corrected chi connectivity index (χ2v) is 8.28. The second-order valence-electron chi connectivity index (χ2n) is 8.28. The topological polar surface area (TPSA) is 73.9 Å². The van der Waals surface area contributed by atoms with Crippen LogP contribution < -0.4 is 14.8 Å². The first-order valence-electron chi connectivity index (χ1n) is 10.00. The molecule has 2 aliphatic rings. The number of benzene rings is 2. The number of fused-ring (bicyclic) bond motifs is 1. The smallest absolute Gasteiger partial charge is 0.345 e. The van der Waals surface area contributed by atoms with Crippen molar-refractivity contribution in [1.29, 1.82) is 0 Å². The number of hydrogen-bond donors (Lipinski definition) is 1. The summed E-state index contributed by atoms with van der Waals surface area (Å²) in [5.41, 5.74) is 1.07. The lowest BCUT2D eigenvalue weighted by Gasteiger charge is -2.19. The molecule has 0 radical (unpaired) electrons. The number of amides is 1. The van der Waals surface area contributed by atoms with Crippen LogP contribution in [0.2, 0.25) is 0 Å². The van der Waals surface area contributed by atoms with Crippen molar-refractivity contribution in [2.24, 2.45) is 0 Å². The van der Waals surface area contributed by atoms with Crippen LogP contribution in [0.1, 0.15) is 43.9 Å². The van der Waals surface area contributed by atoms with Gasteiger partial charge in [0.2, 0.25) is 6.10 Å². The monoisotopic (exact) mass is 413 g/mol. The van der Waals surface area contributed by atoms with E-state index in [4.69, 9.17) is 14.2 Å². The van der Waals surface area contributed by atoms with Gasteiger partial charge in [0.05, 0.1) is 0 Å². The standard InChI is InChI=1S/C23H24FNO5/c1-23(2)12-15-4-3-5-18(20(15)30-23)28-13-19(26)29-21(22(27)25-17-10-11-17)14-6-8-16(24)9-7-14/h3-9,17,21H,10-13H2,1-2H3,(H,25,27). The van der Waals surface area contributed by atoms with Crippen molar-refractivity contribution in [1.82, 2.24) is 5.32 Å². The molecule has 1 atom stereocenters. The Morgan fingerprint density at radius 2 is 1.93 bits per heavy atom. The highest BCUT2D eigenvalue weighted by molar-refractivity contribution is 5.85. The van der Waals surface area contributed by atoms with Gasteiger partial charge >= 0.3 is 5.97 Å². The maximum absolute atomic E-state index is 13.3. The van der Waals surface area contributed by atoms with Crippen molar-refractivity contribution < 1.29 is 28.2 Å². The Morgan fingerprint density at radius 3 is 2.63 bits per heavy atom. The van der Waals surface area contributed by atoms with E-state index >= 15 is 0 Å². The summed E-state index contributed by atoms with van der Waals surface area (Å²) in [4.78, 5) is 25.0. The fourth-order valence-corrected chi connectivity index (χ4v) is 3.42. The molecule has 0 aromatic heterocycles. The third-order valence-electron chi connectivity index (χ3n) is 4.98. The molecular formula is C23H24FNO5. The molecule has 30 heavy (non-hydrogen) atoms. The highest BCUT2D eigenvalue weighted by atomic mass is 19.1. The summed E-state index contributed by atoms with van der Waals surface area (Å²) >= 11 is 0. The third kappa shape index (κ3) is 4.72. The molecule has 2 aromatic rings.